The van der Waals surface area contributed by atoms with E-state index in [1.165, 1.54) is 0 Å². The van der Waals surface area contributed by atoms with Gasteiger partial charge in [-0.25, -0.2) is 4.79 Å². The van der Waals surface area contributed by atoms with Crippen molar-refractivity contribution in [2.75, 3.05) is 6.61 Å². The number of nitrogens with one attached hydrogen (secondary N) is 1. The van der Waals surface area contributed by atoms with E-state index in [4.69, 9.17) is 4.74 Å². The lowest BCUT2D eigenvalue weighted by atomic mass is 9.68. The Balaban J connectivity index is 2.87. The molecule has 0 heterocycles. The number of carbonyl (C=O) groups excluding carboxylic acids is 2. The van der Waals surface area contributed by atoms with E-state index in [2.05, 4.69) is 37.2 Å². The molecule has 0 radical (unpaired) electrons. The fourth-order valence-corrected chi connectivity index (χ4v) is 4.30. The number of imide groups is 1. The third-order valence-corrected chi connectivity index (χ3v) is 7.37. The SMILES string of the molecule is CCOC(=O)NC(=O)[C@]1(C)C[C@H](Br)[C@H](Br)C1(C)C. The molecule has 0 aromatic carbocycles. The summed E-state index contributed by atoms with van der Waals surface area (Å²) in [6.07, 6.45) is -0.00935. The van der Waals surface area contributed by atoms with E-state index in [1.54, 1.807) is 6.92 Å². The smallest absolute Gasteiger partial charge is 0.413 e. The van der Waals surface area contributed by atoms with Crippen molar-refractivity contribution in [3.05, 3.63) is 0 Å². The fourth-order valence-electron chi connectivity index (χ4n) is 2.30. The topological polar surface area (TPSA) is 55.4 Å². The standard InChI is InChI=1S/C12H19Br2NO3/c1-5-18-10(17)15-9(16)12(4)6-7(13)8(14)11(12,2)3/h7-8H,5-6H2,1-4H3,(H,15,16,17)/t7-,8-,12-/m0/s1. The summed E-state index contributed by atoms with van der Waals surface area (Å²) in [6, 6.07) is 0. The molecule has 4 nitrogen and oxygen atoms in total. The average molecular weight is 385 g/mol. The monoisotopic (exact) mass is 383 g/mol. The largest absolute Gasteiger partial charge is 0.450 e. The Morgan fingerprint density at radius 3 is 2.28 bits per heavy atom. The minimum Gasteiger partial charge on any atom is -0.450 e. The quantitative estimate of drug-likeness (QED) is 0.743. The van der Waals surface area contributed by atoms with Crippen LogP contribution in [0, 0.1) is 10.8 Å². The van der Waals surface area contributed by atoms with Crippen LogP contribution >= 0.6 is 31.9 Å². The summed E-state index contributed by atoms with van der Waals surface area (Å²) in [7, 11) is 0. The first kappa shape index (κ1) is 16.0. The Labute approximate surface area is 124 Å². The fraction of sp³-hybridized carbons (Fsp3) is 0.833. The number of alkyl carbamates (subject to hydrolysis) is 1. The van der Waals surface area contributed by atoms with Gasteiger partial charge in [-0.1, -0.05) is 52.6 Å². The second-order valence-corrected chi connectivity index (χ2v) is 7.51. The minimum atomic E-state index is -0.677. The van der Waals surface area contributed by atoms with E-state index in [1.807, 2.05) is 20.8 Å². The summed E-state index contributed by atoms with van der Waals surface area (Å²) in [4.78, 5) is 24.0. The lowest BCUT2D eigenvalue weighted by Crippen LogP contribution is -2.49. The Kier molecular flexibility index (Phi) is 4.87. The highest BCUT2D eigenvalue weighted by molar-refractivity contribution is 9.12. The predicted octanol–water partition coefficient (Wildman–Crippen LogP) is 3.22. The molecule has 1 saturated carbocycles. The number of ether oxygens (including phenoxy) is 1. The number of halogens is 2. The number of rotatable bonds is 2. The molecule has 1 aliphatic rings. The van der Waals surface area contributed by atoms with Crippen LogP contribution in [0.1, 0.15) is 34.1 Å². The van der Waals surface area contributed by atoms with Crippen molar-refractivity contribution in [3.63, 3.8) is 0 Å². The van der Waals surface area contributed by atoms with Crippen LogP contribution in [0.5, 0.6) is 0 Å². The molecule has 0 saturated heterocycles. The van der Waals surface area contributed by atoms with Gasteiger partial charge in [0.05, 0.1) is 12.0 Å². The van der Waals surface area contributed by atoms with Crippen LogP contribution in [0.25, 0.3) is 0 Å². The predicted molar refractivity (Wildman–Crippen MR) is 77.1 cm³/mol. The number of hydrogen-bond acceptors (Lipinski definition) is 3. The first-order valence-corrected chi connectivity index (χ1v) is 7.76. The van der Waals surface area contributed by atoms with Crippen LogP contribution in [0.2, 0.25) is 0 Å². The number of carbonyl (C=O) groups is 2. The van der Waals surface area contributed by atoms with Gasteiger partial charge in [-0.05, 0) is 18.8 Å². The molecule has 0 unspecified atom stereocenters. The van der Waals surface area contributed by atoms with Crippen LogP contribution in [0.15, 0.2) is 0 Å². The van der Waals surface area contributed by atoms with Gasteiger partial charge in [-0.3, -0.25) is 10.1 Å². The summed E-state index contributed by atoms with van der Waals surface area (Å²) in [6.45, 7) is 7.89. The van der Waals surface area contributed by atoms with Gasteiger partial charge >= 0.3 is 6.09 Å². The van der Waals surface area contributed by atoms with E-state index >= 15 is 0 Å². The van der Waals surface area contributed by atoms with E-state index in [0.29, 0.717) is 6.42 Å². The Morgan fingerprint density at radius 1 is 1.33 bits per heavy atom. The summed E-state index contributed by atoms with van der Waals surface area (Å²) in [5, 5.41) is 2.32. The second-order valence-electron chi connectivity index (χ2n) is 5.35. The van der Waals surface area contributed by atoms with Gasteiger partial charge in [0, 0.05) is 9.65 Å². The molecule has 0 aromatic heterocycles. The maximum Gasteiger partial charge on any atom is 0.413 e. The molecule has 0 bridgehead atoms. The summed E-state index contributed by atoms with van der Waals surface area (Å²) in [5.41, 5.74) is -0.889. The molecule has 2 amide bonds. The zero-order chi connectivity index (χ0) is 14.1. The maximum atomic E-state index is 12.3. The molecule has 1 fully saturated rings. The van der Waals surface area contributed by atoms with Gasteiger partial charge < -0.3 is 4.74 Å². The van der Waals surface area contributed by atoms with Gasteiger partial charge in [0.25, 0.3) is 0 Å². The molecule has 0 spiro atoms. The summed E-state index contributed by atoms with van der Waals surface area (Å²) >= 11 is 7.20. The van der Waals surface area contributed by atoms with Crippen LogP contribution in [-0.4, -0.2) is 28.3 Å². The van der Waals surface area contributed by atoms with E-state index < -0.39 is 11.5 Å². The Hall–Kier alpha value is -0.100. The molecular weight excluding hydrogens is 366 g/mol. The highest BCUT2D eigenvalue weighted by Crippen LogP contribution is 2.57. The number of hydrogen-bond donors (Lipinski definition) is 1. The van der Waals surface area contributed by atoms with E-state index in [0.717, 1.165) is 0 Å². The van der Waals surface area contributed by atoms with Crippen molar-refractivity contribution in [1.82, 2.24) is 5.32 Å². The molecule has 1 aliphatic carbocycles. The highest BCUT2D eigenvalue weighted by atomic mass is 79.9. The molecule has 18 heavy (non-hydrogen) atoms. The maximum absolute atomic E-state index is 12.3. The van der Waals surface area contributed by atoms with Crippen LogP contribution in [-0.2, 0) is 9.53 Å². The van der Waals surface area contributed by atoms with Gasteiger partial charge in [-0.2, -0.15) is 0 Å². The zero-order valence-electron chi connectivity index (χ0n) is 11.0. The van der Waals surface area contributed by atoms with E-state index in [9.17, 15) is 9.59 Å². The van der Waals surface area contributed by atoms with E-state index in [-0.39, 0.29) is 27.6 Å². The third kappa shape index (κ3) is 2.59. The summed E-state index contributed by atoms with van der Waals surface area (Å²) in [5.74, 6) is -0.280. The van der Waals surface area contributed by atoms with Crippen molar-refractivity contribution >= 4 is 43.9 Å². The number of amides is 2. The lowest BCUT2D eigenvalue weighted by Gasteiger charge is -2.38. The average Bonchev–Trinajstić information content (AvgIpc) is 2.41. The normalized spacial score (nSPS) is 34.1. The Morgan fingerprint density at radius 2 is 1.89 bits per heavy atom. The first-order chi connectivity index (χ1) is 8.16. The van der Waals surface area contributed by atoms with Gasteiger partial charge in [-0.15, -0.1) is 0 Å². The van der Waals surface area contributed by atoms with Crippen LogP contribution in [0.4, 0.5) is 4.79 Å². The molecule has 1 rings (SSSR count). The molecule has 1 N–H and O–H groups in total. The van der Waals surface area contributed by atoms with Crippen molar-refractivity contribution < 1.29 is 14.3 Å². The van der Waals surface area contributed by atoms with Crippen molar-refractivity contribution in [2.45, 2.75) is 43.8 Å². The highest BCUT2D eigenvalue weighted by Gasteiger charge is 2.59. The third-order valence-electron chi connectivity index (χ3n) is 4.02. The number of alkyl halides is 2. The van der Waals surface area contributed by atoms with Gasteiger partial charge in [0.2, 0.25) is 5.91 Å². The van der Waals surface area contributed by atoms with Crippen LogP contribution < -0.4 is 5.32 Å². The van der Waals surface area contributed by atoms with Gasteiger partial charge in [0.15, 0.2) is 0 Å². The molecule has 0 aromatic rings. The Bertz CT molecular complexity index is 359. The summed E-state index contributed by atoms with van der Waals surface area (Å²) < 4.78 is 4.74. The molecule has 6 heteroatoms. The van der Waals surface area contributed by atoms with Crippen molar-refractivity contribution in [2.24, 2.45) is 10.8 Å². The molecule has 3 atom stereocenters. The van der Waals surface area contributed by atoms with Gasteiger partial charge in [0.1, 0.15) is 0 Å². The molecular formula is C12H19Br2NO3. The molecule has 0 aliphatic heterocycles. The first-order valence-electron chi connectivity index (χ1n) is 5.93. The lowest BCUT2D eigenvalue weighted by molar-refractivity contribution is -0.134. The zero-order valence-corrected chi connectivity index (χ0v) is 14.2. The van der Waals surface area contributed by atoms with Crippen molar-refractivity contribution in [3.8, 4) is 0 Å². The molecule has 104 valence electrons. The minimum absolute atomic E-state index is 0.169. The van der Waals surface area contributed by atoms with Crippen LogP contribution in [0.3, 0.4) is 0 Å². The van der Waals surface area contributed by atoms with Crippen molar-refractivity contribution in [1.29, 1.82) is 0 Å². The second kappa shape index (κ2) is 5.49.